The lowest BCUT2D eigenvalue weighted by Gasteiger charge is -2.16. The standard InChI is InChI=1S/C11H20N4/c1-4-5-8-15(3)11-7-6-10(9-12-2)13-14-11/h6-7,12H,4-5,8-9H2,1-3H3. The van der Waals surface area contributed by atoms with E-state index in [0.717, 1.165) is 24.6 Å². The predicted octanol–water partition coefficient (Wildman–Crippen LogP) is 1.43. The molecule has 0 atom stereocenters. The third-order valence-electron chi connectivity index (χ3n) is 2.30. The van der Waals surface area contributed by atoms with Crippen LogP contribution in [0.3, 0.4) is 0 Å². The molecule has 0 spiro atoms. The van der Waals surface area contributed by atoms with E-state index in [0.29, 0.717) is 0 Å². The SMILES string of the molecule is CCCCN(C)c1ccc(CNC)nn1. The zero-order valence-electron chi connectivity index (χ0n) is 9.82. The number of anilines is 1. The van der Waals surface area contributed by atoms with Gasteiger partial charge in [-0.3, -0.25) is 0 Å². The normalized spacial score (nSPS) is 10.3. The Kier molecular flexibility index (Phi) is 5.04. The molecule has 0 aliphatic heterocycles. The molecule has 1 rings (SSSR count). The Morgan fingerprint density at radius 3 is 2.67 bits per heavy atom. The summed E-state index contributed by atoms with van der Waals surface area (Å²) < 4.78 is 0. The molecule has 1 aromatic rings. The van der Waals surface area contributed by atoms with Crippen molar-refractivity contribution in [2.24, 2.45) is 0 Å². The van der Waals surface area contributed by atoms with Crippen LogP contribution in [-0.4, -0.2) is 30.8 Å². The van der Waals surface area contributed by atoms with Crippen molar-refractivity contribution in [3.05, 3.63) is 17.8 Å². The number of unbranched alkanes of at least 4 members (excludes halogenated alkanes) is 1. The van der Waals surface area contributed by atoms with E-state index >= 15 is 0 Å². The molecule has 0 amide bonds. The van der Waals surface area contributed by atoms with Crippen LogP contribution in [0.4, 0.5) is 5.82 Å². The molecule has 0 saturated carbocycles. The summed E-state index contributed by atoms with van der Waals surface area (Å²) in [6, 6.07) is 4.04. The third kappa shape index (κ3) is 3.83. The summed E-state index contributed by atoms with van der Waals surface area (Å²) in [7, 11) is 3.96. The molecule has 1 aromatic heterocycles. The fourth-order valence-corrected chi connectivity index (χ4v) is 1.34. The van der Waals surface area contributed by atoms with Gasteiger partial charge in [0, 0.05) is 20.1 Å². The predicted molar refractivity (Wildman–Crippen MR) is 63.0 cm³/mol. The molecule has 0 bridgehead atoms. The van der Waals surface area contributed by atoms with Crippen LogP contribution in [0.25, 0.3) is 0 Å². The minimum absolute atomic E-state index is 0.770. The van der Waals surface area contributed by atoms with Gasteiger partial charge >= 0.3 is 0 Å². The summed E-state index contributed by atoms with van der Waals surface area (Å²) in [6.07, 6.45) is 2.39. The molecule has 1 heterocycles. The number of aromatic nitrogens is 2. The first kappa shape index (κ1) is 11.9. The van der Waals surface area contributed by atoms with Crippen LogP contribution in [-0.2, 0) is 6.54 Å². The summed E-state index contributed by atoms with van der Waals surface area (Å²) in [4.78, 5) is 2.14. The molecule has 0 aliphatic rings. The summed E-state index contributed by atoms with van der Waals surface area (Å²) in [5.74, 6) is 0.948. The summed E-state index contributed by atoms with van der Waals surface area (Å²) in [5.41, 5.74) is 0.977. The summed E-state index contributed by atoms with van der Waals surface area (Å²) >= 11 is 0. The molecule has 84 valence electrons. The van der Waals surface area contributed by atoms with Crippen LogP contribution in [0.2, 0.25) is 0 Å². The number of hydrogen-bond donors (Lipinski definition) is 1. The number of nitrogens with one attached hydrogen (secondary N) is 1. The van der Waals surface area contributed by atoms with E-state index in [2.05, 4.69) is 34.4 Å². The van der Waals surface area contributed by atoms with E-state index < -0.39 is 0 Å². The molecule has 15 heavy (non-hydrogen) atoms. The van der Waals surface area contributed by atoms with Crippen molar-refractivity contribution in [2.45, 2.75) is 26.3 Å². The smallest absolute Gasteiger partial charge is 0.150 e. The summed E-state index contributed by atoms with van der Waals surface area (Å²) in [6.45, 7) is 4.00. The first-order valence-corrected chi connectivity index (χ1v) is 5.46. The fraction of sp³-hybridized carbons (Fsp3) is 0.636. The van der Waals surface area contributed by atoms with Crippen molar-refractivity contribution in [1.82, 2.24) is 15.5 Å². The highest BCUT2D eigenvalue weighted by molar-refractivity contribution is 5.35. The van der Waals surface area contributed by atoms with Gasteiger partial charge in [0.25, 0.3) is 0 Å². The lowest BCUT2D eigenvalue weighted by Crippen LogP contribution is -2.20. The highest BCUT2D eigenvalue weighted by Crippen LogP contribution is 2.08. The Labute approximate surface area is 91.7 Å². The topological polar surface area (TPSA) is 41.0 Å². The first-order valence-electron chi connectivity index (χ1n) is 5.46. The highest BCUT2D eigenvalue weighted by Gasteiger charge is 2.02. The molecule has 4 nitrogen and oxygen atoms in total. The van der Waals surface area contributed by atoms with E-state index in [1.54, 1.807) is 0 Å². The molecular formula is C11H20N4. The minimum Gasteiger partial charge on any atom is -0.358 e. The van der Waals surface area contributed by atoms with Crippen LogP contribution < -0.4 is 10.2 Å². The quantitative estimate of drug-likeness (QED) is 0.768. The van der Waals surface area contributed by atoms with Crippen LogP contribution >= 0.6 is 0 Å². The molecule has 0 unspecified atom stereocenters. The van der Waals surface area contributed by atoms with Gasteiger partial charge in [0.05, 0.1) is 5.69 Å². The molecule has 4 heteroatoms. The van der Waals surface area contributed by atoms with Gasteiger partial charge in [0.1, 0.15) is 0 Å². The Morgan fingerprint density at radius 2 is 2.13 bits per heavy atom. The van der Waals surface area contributed by atoms with Gasteiger partial charge in [-0.05, 0) is 25.6 Å². The maximum Gasteiger partial charge on any atom is 0.150 e. The first-order chi connectivity index (χ1) is 7.27. The maximum atomic E-state index is 4.19. The van der Waals surface area contributed by atoms with Crippen molar-refractivity contribution in [3.8, 4) is 0 Å². The highest BCUT2D eigenvalue weighted by atomic mass is 15.2. The van der Waals surface area contributed by atoms with Gasteiger partial charge in [-0.1, -0.05) is 13.3 Å². The van der Waals surface area contributed by atoms with Crippen molar-refractivity contribution in [1.29, 1.82) is 0 Å². The number of nitrogens with zero attached hydrogens (tertiary/aromatic N) is 3. The Balaban J connectivity index is 2.54. The van der Waals surface area contributed by atoms with E-state index in [4.69, 9.17) is 0 Å². The van der Waals surface area contributed by atoms with Gasteiger partial charge in [-0.15, -0.1) is 5.10 Å². The number of rotatable bonds is 6. The van der Waals surface area contributed by atoms with Crippen molar-refractivity contribution < 1.29 is 0 Å². The average Bonchev–Trinajstić information content (AvgIpc) is 2.27. The molecule has 1 N–H and O–H groups in total. The molecule has 0 aliphatic carbocycles. The van der Waals surface area contributed by atoms with Gasteiger partial charge in [-0.2, -0.15) is 5.10 Å². The summed E-state index contributed by atoms with van der Waals surface area (Å²) in [5, 5.41) is 11.4. The van der Waals surface area contributed by atoms with Crippen molar-refractivity contribution in [3.63, 3.8) is 0 Å². The van der Waals surface area contributed by atoms with E-state index in [1.165, 1.54) is 12.8 Å². The largest absolute Gasteiger partial charge is 0.358 e. The zero-order chi connectivity index (χ0) is 11.1. The second-order valence-electron chi connectivity index (χ2n) is 3.69. The van der Waals surface area contributed by atoms with Crippen LogP contribution in [0.15, 0.2) is 12.1 Å². The van der Waals surface area contributed by atoms with E-state index in [1.807, 2.05) is 19.2 Å². The molecular weight excluding hydrogens is 188 g/mol. The van der Waals surface area contributed by atoms with E-state index in [9.17, 15) is 0 Å². The monoisotopic (exact) mass is 208 g/mol. The van der Waals surface area contributed by atoms with Crippen molar-refractivity contribution in [2.75, 3.05) is 25.5 Å². The Bertz CT molecular complexity index is 270. The fourth-order valence-electron chi connectivity index (χ4n) is 1.34. The Morgan fingerprint density at radius 1 is 1.33 bits per heavy atom. The molecule has 0 radical (unpaired) electrons. The zero-order valence-corrected chi connectivity index (χ0v) is 9.82. The van der Waals surface area contributed by atoms with E-state index in [-0.39, 0.29) is 0 Å². The van der Waals surface area contributed by atoms with Gasteiger partial charge in [-0.25, -0.2) is 0 Å². The van der Waals surface area contributed by atoms with Crippen LogP contribution in [0.5, 0.6) is 0 Å². The van der Waals surface area contributed by atoms with Gasteiger partial charge in [0.15, 0.2) is 5.82 Å². The van der Waals surface area contributed by atoms with Crippen LogP contribution in [0, 0.1) is 0 Å². The van der Waals surface area contributed by atoms with Gasteiger partial charge < -0.3 is 10.2 Å². The lowest BCUT2D eigenvalue weighted by atomic mass is 10.3. The minimum atomic E-state index is 0.770. The van der Waals surface area contributed by atoms with Crippen molar-refractivity contribution >= 4 is 5.82 Å². The second-order valence-corrected chi connectivity index (χ2v) is 3.69. The molecule has 0 aromatic carbocycles. The lowest BCUT2D eigenvalue weighted by molar-refractivity contribution is 0.736. The average molecular weight is 208 g/mol. The Hall–Kier alpha value is -1.16. The van der Waals surface area contributed by atoms with Crippen LogP contribution in [0.1, 0.15) is 25.5 Å². The second kappa shape index (κ2) is 6.35. The molecule has 0 saturated heterocycles. The molecule has 0 fully saturated rings. The third-order valence-corrected chi connectivity index (χ3v) is 2.30. The van der Waals surface area contributed by atoms with Gasteiger partial charge in [0.2, 0.25) is 0 Å². The maximum absolute atomic E-state index is 4.19. The number of hydrogen-bond acceptors (Lipinski definition) is 4.